The van der Waals surface area contributed by atoms with Gasteiger partial charge < -0.3 is 14.8 Å². The summed E-state index contributed by atoms with van der Waals surface area (Å²) in [6, 6.07) is 5.46. The minimum absolute atomic E-state index is 0.0817. The van der Waals surface area contributed by atoms with E-state index in [4.69, 9.17) is 9.47 Å². The number of carbonyl (C=O) groups excluding carboxylic acids is 1. The molecule has 1 aromatic carbocycles. The summed E-state index contributed by atoms with van der Waals surface area (Å²) in [6.45, 7) is 0.250. The van der Waals surface area contributed by atoms with Crippen molar-refractivity contribution in [1.82, 2.24) is 0 Å². The molecule has 0 unspecified atom stereocenters. The third-order valence-corrected chi connectivity index (χ3v) is 3.28. The Morgan fingerprint density at radius 1 is 1.22 bits per heavy atom. The highest BCUT2D eigenvalue weighted by molar-refractivity contribution is 5.93. The fourth-order valence-corrected chi connectivity index (χ4v) is 2.25. The zero-order chi connectivity index (χ0) is 12.4. The molecule has 18 heavy (non-hydrogen) atoms. The van der Waals surface area contributed by atoms with Gasteiger partial charge in [0.15, 0.2) is 11.5 Å². The Labute approximate surface area is 106 Å². The van der Waals surface area contributed by atoms with Gasteiger partial charge in [-0.05, 0) is 31.4 Å². The summed E-state index contributed by atoms with van der Waals surface area (Å²) in [7, 11) is 0. The Balaban J connectivity index is 1.68. The summed E-state index contributed by atoms with van der Waals surface area (Å²) < 4.78 is 10.5. The molecule has 4 heteroatoms. The number of allylic oxidation sites excluding steroid dienone is 2. The molecule has 0 saturated carbocycles. The fraction of sp³-hybridized carbons (Fsp3) is 0.357. The maximum absolute atomic E-state index is 12.1. The van der Waals surface area contributed by atoms with Crippen LogP contribution in [0.5, 0.6) is 11.5 Å². The largest absolute Gasteiger partial charge is 0.454 e. The van der Waals surface area contributed by atoms with E-state index < -0.39 is 0 Å². The molecule has 0 fully saturated rings. The smallest absolute Gasteiger partial charge is 0.231 e. The van der Waals surface area contributed by atoms with E-state index in [1.165, 1.54) is 0 Å². The molecule has 1 aliphatic heterocycles. The highest BCUT2D eigenvalue weighted by atomic mass is 16.7. The van der Waals surface area contributed by atoms with Crippen LogP contribution in [0.15, 0.2) is 30.4 Å². The van der Waals surface area contributed by atoms with E-state index in [0.29, 0.717) is 5.75 Å². The van der Waals surface area contributed by atoms with E-state index in [0.717, 1.165) is 30.7 Å². The molecular formula is C14H15NO3. The normalized spacial score (nSPS) is 20.8. The van der Waals surface area contributed by atoms with Crippen molar-refractivity contribution in [2.75, 3.05) is 12.1 Å². The van der Waals surface area contributed by atoms with E-state index >= 15 is 0 Å². The molecule has 1 atom stereocenters. The van der Waals surface area contributed by atoms with Gasteiger partial charge in [-0.15, -0.1) is 0 Å². The zero-order valence-corrected chi connectivity index (χ0v) is 10.0. The van der Waals surface area contributed by atoms with E-state index in [1.807, 2.05) is 12.1 Å². The van der Waals surface area contributed by atoms with Crippen molar-refractivity contribution < 1.29 is 14.3 Å². The van der Waals surface area contributed by atoms with Crippen LogP contribution >= 0.6 is 0 Å². The Morgan fingerprint density at radius 2 is 2.11 bits per heavy atom. The average Bonchev–Trinajstić information content (AvgIpc) is 2.87. The quantitative estimate of drug-likeness (QED) is 0.815. The van der Waals surface area contributed by atoms with Crippen LogP contribution in [0.4, 0.5) is 5.69 Å². The number of nitrogens with one attached hydrogen (secondary N) is 1. The molecule has 0 saturated heterocycles. The lowest BCUT2D eigenvalue weighted by Gasteiger charge is -2.17. The van der Waals surface area contributed by atoms with Crippen LogP contribution in [-0.2, 0) is 4.79 Å². The fourth-order valence-electron chi connectivity index (χ4n) is 2.25. The van der Waals surface area contributed by atoms with E-state index in [2.05, 4.69) is 17.5 Å². The Hall–Kier alpha value is -1.97. The van der Waals surface area contributed by atoms with Crippen molar-refractivity contribution in [2.24, 2.45) is 5.92 Å². The number of amides is 1. The van der Waals surface area contributed by atoms with Gasteiger partial charge in [-0.3, -0.25) is 4.79 Å². The number of fused-ring (bicyclic) bond motifs is 1. The van der Waals surface area contributed by atoms with Crippen LogP contribution in [0.2, 0.25) is 0 Å². The third-order valence-electron chi connectivity index (χ3n) is 3.28. The van der Waals surface area contributed by atoms with Crippen LogP contribution in [0, 0.1) is 5.92 Å². The van der Waals surface area contributed by atoms with Crippen molar-refractivity contribution in [3.05, 3.63) is 30.4 Å². The third kappa shape index (κ3) is 2.18. The Bertz CT molecular complexity index is 496. The molecule has 1 heterocycles. The standard InChI is InChI=1S/C14H15NO3/c16-14(10-4-2-1-3-5-10)15-11-6-7-12-13(8-11)18-9-17-12/h1-2,6-8,10H,3-5,9H2,(H,15,16)/t10-/m1/s1. The summed E-state index contributed by atoms with van der Waals surface area (Å²) in [6.07, 6.45) is 6.94. The second-order valence-electron chi connectivity index (χ2n) is 4.54. The monoisotopic (exact) mass is 245 g/mol. The predicted octanol–water partition coefficient (Wildman–Crippen LogP) is 2.71. The lowest BCUT2D eigenvalue weighted by atomic mass is 9.93. The Morgan fingerprint density at radius 3 is 2.94 bits per heavy atom. The van der Waals surface area contributed by atoms with Crippen LogP contribution in [-0.4, -0.2) is 12.7 Å². The topological polar surface area (TPSA) is 47.6 Å². The lowest BCUT2D eigenvalue weighted by Crippen LogP contribution is -2.23. The minimum Gasteiger partial charge on any atom is -0.454 e. The predicted molar refractivity (Wildman–Crippen MR) is 67.7 cm³/mol. The first-order chi connectivity index (χ1) is 8.83. The highest BCUT2D eigenvalue weighted by Gasteiger charge is 2.20. The van der Waals surface area contributed by atoms with Crippen molar-refractivity contribution in [1.29, 1.82) is 0 Å². The molecular weight excluding hydrogens is 230 g/mol. The van der Waals surface area contributed by atoms with Gasteiger partial charge in [-0.1, -0.05) is 12.2 Å². The van der Waals surface area contributed by atoms with Crippen LogP contribution in [0.1, 0.15) is 19.3 Å². The number of benzene rings is 1. The number of rotatable bonds is 2. The van der Waals surface area contributed by atoms with Gasteiger partial charge >= 0.3 is 0 Å². The molecule has 0 aromatic heterocycles. The van der Waals surface area contributed by atoms with Crippen molar-refractivity contribution in [2.45, 2.75) is 19.3 Å². The minimum atomic E-state index is 0.0817. The zero-order valence-electron chi connectivity index (χ0n) is 10.0. The van der Waals surface area contributed by atoms with Crippen LogP contribution < -0.4 is 14.8 Å². The second-order valence-corrected chi connectivity index (χ2v) is 4.54. The average molecular weight is 245 g/mol. The summed E-state index contributed by atoms with van der Waals surface area (Å²) in [5.74, 6) is 1.59. The first-order valence-electron chi connectivity index (χ1n) is 6.18. The van der Waals surface area contributed by atoms with E-state index in [1.54, 1.807) is 6.07 Å². The maximum atomic E-state index is 12.1. The van der Waals surface area contributed by atoms with Crippen molar-refractivity contribution >= 4 is 11.6 Å². The highest BCUT2D eigenvalue weighted by Crippen LogP contribution is 2.34. The number of hydrogen-bond donors (Lipinski definition) is 1. The van der Waals surface area contributed by atoms with Crippen molar-refractivity contribution in [3.8, 4) is 11.5 Å². The van der Waals surface area contributed by atoms with Gasteiger partial charge in [0.25, 0.3) is 0 Å². The second kappa shape index (κ2) is 4.72. The van der Waals surface area contributed by atoms with Gasteiger partial charge in [0, 0.05) is 17.7 Å². The summed E-state index contributed by atoms with van der Waals surface area (Å²) in [5, 5.41) is 2.93. The van der Waals surface area contributed by atoms with Gasteiger partial charge in [-0.2, -0.15) is 0 Å². The number of carbonyl (C=O) groups is 1. The molecule has 94 valence electrons. The van der Waals surface area contributed by atoms with Crippen LogP contribution in [0.25, 0.3) is 0 Å². The maximum Gasteiger partial charge on any atom is 0.231 e. The number of ether oxygens (including phenoxy) is 2. The molecule has 2 aliphatic rings. The molecule has 0 radical (unpaired) electrons. The molecule has 0 bridgehead atoms. The van der Waals surface area contributed by atoms with Crippen molar-refractivity contribution in [3.63, 3.8) is 0 Å². The van der Waals surface area contributed by atoms with E-state index in [-0.39, 0.29) is 18.6 Å². The van der Waals surface area contributed by atoms with Gasteiger partial charge in [-0.25, -0.2) is 0 Å². The molecule has 0 spiro atoms. The Kier molecular flexibility index (Phi) is 2.92. The number of hydrogen-bond acceptors (Lipinski definition) is 3. The molecule has 3 rings (SSSR count). The summed E-state index contributed by atoms with van der Waals surface area (Å²) in [4.78, 5) is 12.1. The molecule has 1 N–H and O–H groups in total. The molecule has 1 amide bonds. The molecule has 1 aliphatic carbocycles. The van der Waals surface area contributed by atoms with Gasteiger partial charge in [0.05, 0.1) is 0 Å². The van der Waals surface area contributed by atoms with E-state index in [9.17, 15) is 4.79 Å². The first kappa shape index (κ1) is 11.1. The van der Waals surface area contributed by atoms with Gasteiger partial charge in [0.2, 0.25) is 12.7 Å². The summed E-state index contributed by atoms with van der Waals surface area (Å²) >= 11 is 0. The van der Waals surface area contributed by atoms with Gasteiger partial charge in [0.1, 0.15) is 0 Å². The molecule has 4 nitrogen and oxygen atoms in total. The first-order valence-corrected chi connectivity index (χ1v) is 6.18. The lowest BCUT2D eigenvalue weighted by molar-refractivity contribution is -0.120. The number of anilines is 1. The van der Waals surface area contributed by atoms with Crippen LogP contribution in [0.3, 0.4) is 0 Å². The summed E-state index contributed by atoms with van der Waals surface area (Å²) in [5.41, 5.74) is 0.763. The molecule has 1 aromatic rings. The SMILES string of the molecule is O=C(Nc1ccc2c(c1)OCO2)[C@@H]1CC=CCC1.